The summed E-state index contributed by atoms with van der Waals surface area (Å²) in [6.07, 6.45) is 0. The molecule has 0 aromatic heterocycles. The Labute approximate surface area is 120 Å². The van der Waals surface area contributed by atoms with Crippen LogP contribution in [0.15, 0.2) is 48.5 Å². The molecule has 1 unspecified atom stereocenters. The van der Waals surface area contributed by atoms with Crippen LogP contribution in [0.2, 0.25) is 0 Å². The minimum Gasteiger partial charge on any atom is -0.496 e. The molecule has 0 bridgehead atoms. The molecule has 2 rings (SSSR count). The van der Waals surface area contributed by atoms with Crippen molar-refractivity contribution >= 4 is 0 Å². The molecule has 0 fully saturated rings. The maximum absolute atomic E-state index is 5.48. The van der Waals surface area contributed by atoms with Crippen molar-refractivity contribution in [2.45, 2.75) is 13.0 Å². The highest BCUT2D eigenvalue weighted by atomic mass is 16.5. The van der Waals surface area contributed by atoms with Crippen LogP contribution in [0.3, 0.4) is 0 Å². The minimum absolute atomic E-state index is 0.0989. The number of para-hydroxylation sites is 1. The van der Waals surface area contributed by atoms with Gasteiger partial charge in [0, 0.05) is 5.56 Å². The number of hydrogen-bond donors (Lipinski definition) is 1. The van der Waals surface area contributed by atoms with Gasteiger partial charge in [0.15, 0.2) is 0 Å². The van der Waals surface area contributed by atoms with E-state index in [1.54, 1.807) is 7.11 Å². The van der Waals surface area contributed by atoms with E-state index >= 15 is 0 Å². The highest BCUT2D eigenvalue weighted by Gasteiger charge is 2.15. The minimum atomic E-state index is 0.0989. The zero-order valence-electron chi connectivity index (χ0n) is 12.2. The summed E-state index contributed by atoms with van der Waals surface area (Å²) < 4.78 is 10.9. The highest BCUT2D eigenvalue weighted by molar-refractivity contribution is 5.42. The van der Waals surface area contributed by atoms with Crippen LogP contribution in [0.25, 0.3) is 0 Å². The van der Waals surface area contributed by atoms with E-state index < -0.39 is 0 Å². The summed E-state index contributed by atoms with van der Waals surface area (Å²) in [6.45, 7) is 2.67. The van der Waals surface area contributed by atoms with E-state index in [9.17, 15) is 0 Å². The third-order valence-corrected chi connectivity index (χ3v) is 3.26. The predicted molar refractivity (Wildman–Crippen MR) is 81.5 cm³/mol. The lowest BCUT2D eigenvalue weighted by atomic mass is 9.98. The Balaban J connectivity index is 2.31. The maximum Gasteiger partial charge on any atom is 0.123 e. The smallest absolute Gasteiger partial charge is 0.123 e. The molecule has 3 nitrogen and oxygen atoms in total. The number of benzene rings is 2. The van der Waals surface area contributed by atoms with Crippen LogP contribution in [0, 0.1) is 0 Å². The van der Waals surface area contributed by atoms with E-state index in [-0.39, 0.29) is 6.04 Å². The first kappa shape index (κ1) is 14.4. The molecule has 0 saturated heterocycles. The second-order valence-corrected chi connectivity index (χ2v) is 4.47. The quantitative estimate of drug-likeness (QED) is 0.873. The molecular formula is C17H21NO2. The third-order valence-electron chi connectivity index (χ3n) is 3.26. The van der Waals surface area contributed by atoms with Crippen LogP contribution in [-0.2, 0) is 0 Å². The Hall–Kier alpha value is -2.00. The number of rotatable bonds is 6. The van der Waals surface area contributed by atoms with Gasteiger partial charge in [-0.15, -0.1) is 0 Å². The molecule has 0 aliphatic heterocycles. The van der Waals surface area contributed by atoms with Gasteiger partial charge in [-0.3, -0.25) is 0 Å². The molecule has 3 heteroatoms. The predicted octanol–water partition coefficient (Wildman–Crippen LogP) is 3.40. The lowest BCUT2D eigenvalue weighted by molar-refractivity contribution is 0.340. The topological polar surface area (TPSA) is 30.5 Å². The average molecular weight is 271 g/mol. The van der Waals surface area contributed by atoms with Crippen molar-refractivity contribution in [3.05, 3.63) is 59.7 Å². The Morgan fingerprint density at radius 2 is 1.75 bits per heavy atom. The molecule has 0 radical (unpaired) electrons. The maximum atomic E-state index is 5.48. The lowest BCUT2D eigenvalue weighted by Crippen LogP contribution is -2.18. The molecule has 0 aliphatic carbocycles. The molecule has 1 atom stereocenters. The Morgan fingerprint density at radius 1 is 1.05 bits per heavy atom. The molecule has 2 aromatic rings. The van der Waals surface area contributed by atoms with Crippen LogP contribution in [0.1, 0.15) is 24.1 Å². The Morgan fingerprint density at radius 3 is 2.35 bits per heavy atom. The monoisotopic (exact) mass is 271 g/mol. The van der Waals surface area contributed by atoms with Crippen LogP contribution in [0.5, 0.6) is 11.5 Å². The first-order chi connectivity index (χ1) is 9.80. The summed E-state index contributed by atoms with van der Waals surface area (Å²) in [5, 5.41) is 3.34. The molecule has 20 heavy (non-hydrogen) atoms. The fraction of sp³-hybridized carbons (Fsp3) is 0.294. The molecule has 0 heterocycles. The summed E-state index contributed by atoms with van der Waals surface area (Å²) >= 11 is 0. The molecule has 0 aliphatic rings. The van der Waals surface area contributed by atoms with Gasteiger partial charge in [0.25, 0.3) is 0 Å². The zero-order chi connectivity index (χ0) is 14.4. The fourth-order valence-electron chi connectivity index (χ4n) is 2.33. The van der Waals surface area contributed by atoms with Gasteiger partial charge in [0.05, 0.1) is 19.8 Å². The van der Waals surface area contributed by atoms with Crippen molar-refractivity contribution in [3.63, 3.8) is 0 Å². The summed E-state index contributed by atoms with van der Waals surface area (Å²) in [6, 6.07) is 16.3. The van der Waals surface area contributed by atoms with Crippen LogP contribution < -0.4 is 14.8 Å². The van der Waals surface area contributed by atoms with Crippen molar-refractivity contribution < 1.29 is 9.47 Å². The van der Waals surface area contributed by atoms with Gasteiger partial charge in [-0.05, 0) is 37.7 Å². The first-order valence-electron chi connectivity index (χ1n) is 6.83. The highest BCUT2D eigenvalue weighted by Crippen LogP contribution is 2.30. The summed E-state index contributed by atoms with van der Waals surface area (Å²) in [5.74, 6) is 1.78. The third kappa shape index (κ3) is 3.11. The van der Waals surface area contributed by atoms with E-state index in [4.69, 9.17) is 9.47 Å². The fourth-order valence-corrected chi connectivity index (χ4v) is 2.33. The largest absolute Gasteiger partial charge is 0.496 e. The van der Waals surface area contributed by atoms with Gasteiger partial charge < -0.3 is 14.8 Å². The summed E-state index contributed by atoms with van der Waals surface area (Å²) in [7, 11) is 3.65. The molecule has 0 amide bonds. The van der Waals surface area contributed by atoms with E-state index in [1.807, 2.05) is 44.3 Å². The second-order valence-electron chi connectivity index (χ2n) is 4.47. The zero-order valence-corrected chi connectivity index (χ0v) is 12.2. The standard InChI is InChI=1S/C17H21NO2/c1-4-20-14-11-9-13(10-12-14)17(18-2)15-7-5-6-8-16(15)19-3/h5-12,17-18H,4H2,1-3H3. The van der Waals surface area contributed by atoms with Crippen molar-refractivity contribution in [1.29, 1.82) is 0 Å². The van der Waals surface area contributed by atoms with Gasteiger partial charge in [-0.2, -0.15) is 0 Å². The van der Waals surface area contributed by atoms with E-state index in [1.165, 1.54) is 5.56 Å². The Kier molecular flexibility index (Phi) is 5.02. The van der Waals surface area contributed by atoms with E-state index in [0.717, 1.165) is 17.1 Å². The molecule has 106 valence electrons. The molecule has 2 aromatic carbocycles. The van der Waals surface area contributed by atoms with Crippen LogP contribution in [0.4, 0.5) is 0 Å². The van der Waals surface area contributed by atoms with Crippen molar-refractivity contribution in [1.82, 2.24) is 5.32 Å². The second kappa shape index (κ2) is 6.96. The number of ether oxygens (including phenoxy) is 2. The number of methoxy groups -OCH3 is 1. The molecule has 0 saturated carbocycles. The van der Waals surface area contributed by atoms with Crippen molar-refractivity contribution in [2.24, 2.45) is 0 Å². The van der Waals surface area contributed by atoms with E-state index in [0.29, 0.717) is 6.61 Å². The summed E-state index contributed by atoms with van der Waals surface area (Å²) in [5.41, 5.74) is 2.31. The normalized spacial score (nSPS) is 11.9. The van der Waals surface area contributed by atoms with Crippen LogP contribution in [-0.4, -0.2) is 20.8 Å². The van der Waals surface area contributed by atoms with Gasteiger partial charge >= 0.3 is 0 Å². The van der Waals surface area contributed by atoms with Crippen molar-refractivity contribution in [2.75, 3.05) is 20.8 Å². The van der Waals surface area contributed by atoms with Crippen LogP contribution >= 0.6 is 0 Å². The number of nitrogens with one attached hydrogen (secondary N) is 1. The molecule has 1 N–H and O–H groups in total. The van der Waals surface area contributed by atoms with E-state index in [2.05, 4.69) is 23.5 Å². The lowest BCUT2D eigenvalue weighted by Gasteiger charge is -2.20. The van der Waals surface area contributed by atoms with Crippen molar-refractivity contribution in [3.8, 4) is 11.5 Å². The van der Waals surface area contributed by atoms with Gasteiger partial charge in [0.2, 0.25) is 0 Å². The Bertz CT molecular complexity index is 537. The van der Waals surface area contributed by atoms with Gasteiger partial charge in [-0.25, -0.2) is 0 Å². The summed E-state index contributed by atoms with van der Waals surface area (Å²) in [4.78, 5) is 0. The average Bonchev–Trinajstić information content (AvgIpc) is 2.50. The van der Waals surface area contributed by atoms with Gasteiger partial charge in [-0.1, -0.05) is 30.3 Å². The molecule has 0 spiro atoms. The first-order valence-corrected chi connectivity index (χ1v) is 6.83. The van der Waals surface area contributed by atoms with Gasteiger partial charge in [0.1, 0.15) is 11.5 Å². The SMILES string of the molecule is CCOc1ccc(C(NC)c2ccccc2OC)cc1. The molecular weight excluding hydrogens is 250 g/mol. The number of hydrogen-bond acceptors (Lipinski definition) is 3.